The summed E-state index contributed by atoms with van der Waals surface area (Å²) < 4.78 is 0. The molecule has 0 unspecified atom stereocenters. The molecule has 0 radical (unpaired) electrons. The molecule has 31 heavy (non-hydrogen) atoms. The summed E-state index contributed by atoms with van der Waals surface area (Å²) in [6.07, 6.45) is 5.32. The van der Waals surface area contributed by atoms with Crippen molar-refractivity contribution in [3.8, 4) is 23.5 Å². The van der Waals surface area contributed by atoms with E-state index in [1.54, 1.807) is 0 Å². The summed E-state index contributed by atoms with van der Waals surface area (Å²) >= 11 is 0. The lowest BCUT2D eigenvalue weighted by Crippen LogP contribution is -2.23. The molecule has 0 saturated heterocycles. The van der Waals surface area contributed by atoms with E-state index in [0.29, 0.717) is 5.56 Å². The normalized spacial score (nSPS) is 11.1. The Labute approximate surface area is 181 Å². The number of amides is 1. The number of carbonyl (C=O) groups excluding carboxylic acids is 1. The van der Waals surface area contributed by atoms with E-state index in [4.69, 9.17) is 6.42 Å². The van der Waals surface area contributed by atoms with E-state index in [0.717, 1.165) is 16.2 Å². The molecule has 1 amide bonds. The highest BCUT2D eigenvalue weighted by Gasteiger charge is 2.16. The van der Waals surface area contributed by atoms with Crippen LogP contribution < -0.4 is 10.2 Å². The van der Waals surface area contributed by atoms with Gasteiger partial charge >= 0.3 is 0 Å². The van der Waals surface area contributed by atoms with Gasteiger partial charge in [0.05, 0.1) is 6.54 Å². The maximum atomic E-state index is 12.7. The third kappa shape index (κ3) is 3.05. The van der Waals surface area contributed by atoms with Gasteiger partial charge in [-0.15, -0.1) is 6.42 Å². The number of terminal acetylenes is 1. The second kappa shape index (κ2) is 7.34. The van der Waals surface area contributed by atoms with Gasteiger partial charge in [0.1, 0.15) is 0 Å². The highest BCUT2D eigenvalue weighted by molar-refractivity contribution is 6.28. The molecule has 0 fully saturated rings. The number of hydrogen-bond acceptors (Lipinski definition) is 2. The molecule has 0 heterocycles. The quantitative estimate of drug-likeness (QED) is 0.310. The monoisotopic (exact) mass is 402 g/mol. The molecule has 3 nitrogen and oxygen atoms in total. The van der Waals surface area contributed by atoms with Gasteiger partial charge in [0.25, 0.3) is 5.91 Å². The lowest BCUT2D eigenvalue weighted by molar-refractivity contribution is 0.0960. The van der Waals surface area contributed by atoms with E-state index in [-0.39, 0.29) is 12.5 Å². The molecular formula is C28H22N2O. The zero-order valence-electron chi connectivity index (χ0n) is 17.6. The molecule has 0 aliphatic heterocycles. The summed E-state index contributed by atoms with van der Waals surface area (Å²) in [5.74, 6) is 2.32. The second-order valence-corrected chi connectivity index (χ2v) is 7.98. The zero-order valence-corrected chi connectivity index (χ0v) is 17.6. The van der Waals surface area contributed by atoms with Gasteiger partial charge in [-0.05, 0) is 61.6 Å². The molecule has 0 aromatic heterocycles. The molecule has 5 aromatic rings. The van der Waals surface area contributed by atoms with Gasteiger partial charge < -0.3 is 10.2 Å². The average molecular weight is 402 g/mol. The summed E-state index contributed by atoms with van der Waals surface area (Å²) in [4.78, 5) is 14.8. The summed E-state index contributed by atoms with van der Waals surface area (Å²) in [6.45, 7) is 0.216. The van der Waals surface area contributed by atoms with Gasteiger partial charge in [-0.2, -0.15) is 0 Å². The maximum Gasteiger partial charge on any atom is 0.252 e. The standard InChI is InChI=1S/C28H22N2O/c1-4-17-29-28(31)25-16-10-20-8-14-23-22(18-5-11-21(12-6-18)30(2)3)13-7-19-9-15-24(25)27(20)26(19)23/h1,5-16H,17H2,2-3H3,(H,29,31). The summed E-state index contributed by atoms with van der Waals surface area (Å²) in [5.41, 5.74) is 4.19. The molecule has 5 rings (SSSR count). The summed E-state index contributed by atoms with van der Waals surface area (Å²) in [6, 6.07) is 25.3. The van der Waals surface area contributed by atoms with Crippen LogP contribution in [0, 0.1) is 12.3 Å². The van der Waals surface area contributed by atoms with E-state index in [9.17, 15) is 4.79 Å². The topological polar surface area (TPSA) is 32.3 Å². The molecule has 0 aliphatic rings. The van der Waals surface area contributed by atoms with E-state index in [2.05, 4.69) is 70.7 Å². The van der Waals surface area contributed by atoms with Crippen LogP contribution >= 0.6 is 0 Å². The SMILES string of the molecule is C#CCNC(=O)c1ccc2ccc3c(-c4ccc(N(C)C)cc4)ccc4ccc1c2c43. The number of anilines is 1. The van der Waals surface area contributed by atoms with Crippen molar-refractivity contribution in [3.63, 3.8) is 0 Å². The van der Waals surface area contributed by atoms with Gasteiger partial charge in [-0.1, -0.05) is 60.5 Å². The van der Waals surface area contributed by atoms with Crippen LogP contribution in [-0.4, -0.2) is 26.5 Å². The van der Waals surface area contributed by atoms with E-state index < -0.39 is 0 Å². The highest BCUT2D eigenvalue weighted by atomic mass is 16.1. The first kappa shape index (κ1) is 19.0. The van der Waals surface area contributed by atoms with Crippen molar-refractivity contribution in [2.75, 3.05) is 25.5 Å². The lowest BCUT2D eigenvalue weighted by atomic mass is 9.88. The smallest absolute Gasteiger partial charge is 0.252 e. The minimum atomic E-state index is -0.143. The van der Waals surface area contributed by atoms with Crippen LogP contribution in [0.5, 0.6) is 0 Å². The van der Waals surface area contributed by atoms with Crippen LogP contribution in [0.25, 0.3) is 43.4 Å². The first-order chi connectivity index (χ1) is 15.1. The Morgan fingerprint density at radius 2 is 1.45 bits per heavy atom. The Kier molecular flexibility index (Phi) is 4.49. The summed E-state index contributed by atoms with van der Waals surface area (Å²) in [7, 11) is 4.09. The Balaban J connectivity index is 1.76. The number of rotatable bonds is 4. The van der Waals surface area contributed by atoms with Crippen LogP contribution in [-0.2, 0) is 0 Å². The molecule has 0 bridgehead atoms. The number of benzene rings is 5. The van der Waals surface area contributed by atoms with E-state index >= 15 is 0 Å². The average Bonchev–Trinajstić information content (AvgIpc) is 2.80. The van der Waals surface area contributed by atoms with Gasteiger partial charge in [0, 0.05) is 25.3 Å². The van der Waals surface area contributed by atoms with Crippen molar-refractivity contribution in [2.45, 2.75) is 0 Å². The third-order valence-corrected chi connectivity index (χ3v) is 5.95. The minimum absolute atomic E-state index is 0.143. The Morgan fingerprint density at radius 3 is 2.13 bits per heavy atom. The van der Waals surface area contributed by atoms with Crippen molar-refractivity contribution >= 4 is 43.9 Å². The molecule has 5 aromatic carbocycles. The fourth-order valence-corrected chi connectivity index (χ4v) is 4.42. The Bertz CT molecular complexity index is 1470. The van der Waals surface area contributed by atoms with Crippen LogP contribution in [0.15, 0.2) is 72.8 Å². The van der Waals surface area contributed by atoms with Crippen molar-refractivity contribution in [1.82, 2.24) is 5.32 Å². The molecule has 0 atom stereocenters. The largest absolute Gasteiger partial charge is 0.378 e. The Hall–Kier alpha value is -4.03. The van der Waals surface area contributed by atoms with E-state index in [1.807, 2.05) is 32.3 Å². The van der Waals surface area contributed by atoms with Crippen LogP contribution in [0.3, 0.4) is 0 Å². The number of hydrogen-bond donors (Lipinski definition) is 1. The predicted octanol–water partition coefficient (Wildman–Crippen LogP) is 5.68. The van der Waals surface area contributed by atoms with Crippen LogP contribution in [0.2, 0.25) is 0 Å². The van der Waals surface area contributed by atoms with Crippen molar-refractivity contribution in [2.24, 2.45) is 0 Å². The first-order valence-electron chi connectivity index (χ1n) is 10.3. The minimum Gasteiger partial charge on any atom is -0.378 e. The van der Waals surface area contributed by atoms with E-state index in [1.165, 1.54) is 33.0 Å². The number of carbonyl (C=O) groups is 1. The number of nitrogens with one attached hydrogen (secondary N) is 1. The highest BCUT2D eigenvalue weighted by Crippen LogP contribution is 2.40. The molecule has 150 valence electrons. The second-order valence-electron chi connectivity index (χ2n) is 7.98. The van der Waals surface area contributed by atoms with Gasteiger partial charge in [0.2, 0.25) is 0 Å². The third-order valence-electron chi connectivity index (χ3n) is 5.95. The molecular weight excluding hydrogens is 380 g/mol. The molecule has 0 aliphatic carbocycles. The van der Waals surface area contributed by atoms with Crippen LogP contribution in [0.4, 0.5) is 5.69 Å². The fourth-order valence-electron chi connectivity index (χ4n) is 4.42. The lowest BCUT2D eigenvalue weighted by Gasteiger charge is -2.17. The number of nitrogens with zero attached hydrogens (tertiary/aromatic N) is 1. The predicted molar refractivity (Wildman–Crippen MR) is 131 cm³/mol. The van der Waals surface area contributed by atoms with Crippen molar-refractivity contribution < 1.29 is 4.79 Å². The molecule has 0 spiro atoms. The Morgan fingerprint density at radius 1 is 0.839 bits per heavy atom. The molecule has 3 heteroatoms. The van der Waals surface area contributed by atoms with Crippen LogP contribution in [0.1, 0.15) is 10.4 Å². The zero-order chi connectivity index (χ0) is 21.5. The first-order valence-corrected chi connectivity index (χ1v) is 10.3. The van der Waals surface area contributed by atoms with Gasteiger partial charge in [0.15, 0.2) is 0 Å². The van der Waals surface area contributed by atoms with Gasteiger partial charge in [-0.25, -0.2) is 0 Å². The van der Waals surface area contributed by atoms with Crippen molar-refractivity contribution in [1.29, 1.82) is 0 Å². The summed E-state index contributed by atoms with van der Waals surface area (Å²) in [5, 5.41) is 9.54. The van der Waals surface area contributed by atoms with Gasteiger partial charge in [-0.3, -0.25) is 4.79 Å². The van der Waals surface area contributed by atoms with Crippen molar-refractivity contribution in [3.05, 3.63) is 78.4 Å². The molecule has 1 N–H and O–H groups in total. The molecule has 0 saturated carbocycles. The maximum absolute atomic E-state index is 12.7. The fraction of sp³-hybridized carbons (Fsp3) is 0.107.